The Bertz CT molecular complexity index is 1210. The third-order valence-electron chi connectivity index (χ3n) is 4.81. The van der Waals surface area contributed by atoms with Gasteiger partial charge >= 0.3 is 0 Å². The van der Waals surface area contributed by atoms with Crippen molar-refractivity contribution in [3.63, 3.8) is 0 Å². The number of sulfonamides is 1. The fourth-order valence-corrected chi connectivity index (χ4v) is 5.24. The smallest absolute Gasteiger partial charge is 0.243 e. The highest BCUT2D eigenvalue weighted by molar-refractivity contribution is 7.99. The van der Waals surface area contributed by atoms with E-state index in [0.29, 0.717) is 41.1 Å². The van der Waals surface area contributed by atoms with Crippen molar-refractivity contribution in [3.8, 4) is 17.1 Å². The maximum atomic E-state index is 12.8. The standard InChI is InChI=1S/C21H26N6O4S2/c1-4-26(5-2)33(29,30)18-8-6-7-15(13-18)20-24-25-21(27(20)22)32-14-19(28)23-16-9-11-17(31-3)12-10-16/h6-13H,4-5,14,22H2,1-3H3,(H,23,28). The summed E-state index contributed by atoms with van der Waals surface area (Å²) in [5.74, 6) is 6.97. The molecule has 1 aromatic heterocycles. The van der Waals surface area contributed by atoms with Crippen molar-refractivity contribution >= 4 is 33.4 Å². The second-order valence-electron chi connectivity index (χ2n) is 6.86. The van der Waals surface area contributed by atoms with Crippen molar-refractivity contribution in [2.75, 3.05) is 37.1 Å². The molecule has 0 aliphatic carbocycles. The van der Waals surface area contributed by atoms with Gasteiger partial charge in [-0.15, -0.1) is 10.2 Å². The molecule has 0 bridgehead atoms. The largest absolute Gasteiger partial charge is 0.497 e. The second kappa shape index (κ2) is 10.7. The molecule has 1 heterocycles. The van der Waals surface area contributed by atoms with Gasteiger partial charge in [0.25, 0.3) is 0 Å². The number of nitrogens with one attached hydrogen (secondary N) is 1. The van der Waals surface area contributed by atoms with Gasteiger partial charge < -0.3 is 15.9 Å². The normalized spacial score (nSPS) is 11.5. The number of aromatic nitrogens is 3. The van der Waals surface area contributed by atoms with Crippen molar-refractivity contribution in [2.24, 2.45) is 0 Å². The van der Waals surface area contributed by atoms with Gasteiger partial charge in [-0.2, -0.15) is 4.31 Å². The number of methoxy groups -OCH3 is 1. The maximum absolute atomic E-state index is 12.8. The molecular formula is C21H26N6O4S2. The first-order valence-electron chi connectivity index (χ1n) is 10.2. The number of nitrogen functional groups attached to an aromatic ring is 1. The summed E-state index contributed by atoms with van der Waals surface area (Å²) < 4.78 is 33.4. The third kappa shape index (κ3) is 5.64. The first-order valence-corrected chi connectivity index (χ1v) is 12.6. The summed E-state index contributed by atoms with van der Waals surface area (Å²) in [6, 6.07) is 13.4. The van der Waals surface area contributed by atoms with Crippen LogP contribution >= 0.6 is 11.8 Å². The lowest BCUT2D eigenvalue weighted by molar-refractivity contribution is -0.113. The van der Waals surface area contributed by atoms with Gasteiger partial charge in [-0.3, -0.25) is 4.79 Å². The van der Waals surface area contributed by atoms with Gasteiger partial charge in [-0.25, -0.2) is 13.1 Å². The topological polar surface area (TPSA) is 132 Å². The Morgan fingerprint density at radius 2 is 1.85 bits per heavy atom. The molecule has 0 radical (unpaired) electrons. The zero-order valence-electron chi connectivity index (χ0n) is 18.6. The van der Waals surface area contributed by atoms with Crippen molar-refractivity contribution in [1.29, 1.82) is 0 Å². The molecule has 0 fully saturated rings. The number of nitrogens with two attached hydrogens (primary N) is 1. The van der Waals surface area contributed by atoms with E-state index in [4.69, 9.17) is 10.6 Å². The number of benzene rings is 2. The average molecular weight is 491 g/mol. The zero-order chi connectivity index (χ0) is 24.0. The summed E-state index contributed by atoms with van der Waals surface area (Å²) in [4.78, 5) is 12.4. The van der Waals surface area contributed by atoms with E-state index >= 15 is 0 Å². The molecule has 3 aromatic rings. The molecule has 10 nitrogen and oxygen atoms in total. The lowest BCUT2D eigenvalue weighted by Crippen LogP contribution is -2.30. The quantitative estimate of drug-likeness (QED) is 0.327. The average Bonchev–Trinajstić information content (AvgIpc) is 3.19. The number of carbonyl (C=O) groups is 1. The molecule has 3 rings (SSSR count). The fraction of sp³-hybridized carbons (Fsp3) is 0.286. The van der Waals surface area contributed by atoms with Gasteiger partial charge in [0.15, 0.2) is 5.82 Å². The minimum absolute atomic E-state index is 0.0672. The highest BCUT2D eigenvalue weighted by atomic mass is 32.2. The highest BCUT2D eigenvalue weighted by Crippen LogP contribution is 2.25. The van der Waals surface area contributed by atoms with Crippen LogP contribution in [0.2, 0.25) is 0 Å². The molecule has 2 aromatic carbocycles. The molecule has 33 heavy (non-hydrogen) atoms. The lowest BCUT2D eigenvalue weighted by Gasteiger charge is -2.18. The van der Waals surface area contributed by atoms with E-state index in [-0.39, 0.29) is 16.6 Å². The first kappa shape index (κ1) is 24.6. The van der Waals surface area contributed by atoms with Crippen LogP contribution in [-0.2, 0) is 14.8 Å². The van der Waals surface area contributed by atoms with Crippen molar-refractivity contribution < 1.29 is 17.9 Å². The summed E-state index contributed by atoms with van der Waals surface area (Å²) in [6.45, 7) is 4.32. The molecule has 176 valence electrons. The molecule has 0 saturated carbocycles. The number of ether oxygens (including phenoxy) is 1. The molecule has 0 unspecified atom stereocenters. The summed E-state index contributed by atoms with van der Waals surface area (Å²) in [5.41, 5.74) is 1.15. The van der Waals surface area contributed by atoms with Crippen LogP contribution in [0.25, 0.3) is 11.4 Å². The lowest BCUT2D eigenvalue weighted by atomic mass is 10.2. The number of anilines is 1. The number of thioether (sulfide) groups is 1. The summed E-state index contributed by atoms with van der Waals surface area (Å²) in [5, 5.41) is 11.2. The molecular weight excluding hydrogens is 464 g/mol. The molecule has 0 aliphatic rings. The zero-order valence-corrected chi connectivity index (χ0v) is 20.2. The first-order chi connectivity index (χ1) is 15.8. The van der Waals surface area contributed by atoms with E-state index in [9.17, 15) is 13.2 Å². The molecule has 0 atom stereocenters. The molecule has 1 amide bonds. The van der Waals surface area contributed by atoms with E-state index in [2.05, 4.69) is 15.5 Å². The molecule has 3 N–H and O–H groups in total. The predicted octanol–water partition coefficient (Wildman–Crippen LogP) is 2.43. The molecule has 12 heteroatoms. The maximum Gasteiger partial charge on any atom is 0.243 e. The Labute approximate surface area is 197 Å². The Hall–Kier alpha value is -3.09. The van der Waals surface area contributed by atoms with Crippen LogP contribution < -0.4 is 15.9 Å². The Morgan fingerprint density at radius 1 is 1.15 bits per heavy atom. The Balaban J connectivity index is 1.71. The van der Waals surface area contributed by atoms with E-state index in [0.717, 1.165) is 11.8 Å². The van der Waals surface area contributed by atoms with Crippen LogP contribution in [-0.4, -0.2) is 59.5 Å². The SMILES string of the molecule is CCN(CC)S(=O)(=O)c1cccc(-c2nnc(SCC(=O)Nc3ccc(OC)cc3)n2N)c1. The van der Waals surface area contributed by atoms with E-state index in [1.54, 1.807) is 57.4 Å². The van der Waals surface area contributed by atoms with E-state index in [1.165, 1.54) is 21.1 Å². The van der Waals surface area contributed by atoms with Gasteiger partial charge in [-0.05, 0) is 36.4 Å². The number of rotatable bonds is 10. The number of amides is 1. The van der Waals surface area contributed by atoms with Crippen molar-refractivity contribution in [3.05, 3.63) is 48.5 Å². The van der Waals surface area contributed by atoms with Crippen LogP contribution in [0.15, 0.2) is 58.6 Å². The minimum Gasteiger partial charge on any atom is -0.497 e. The molecule has 0 saturated heterocycles. The minimum atomic E-state index is -3.62. The van der Waals surface area contributed by atoms with E-state index in [1.807, 2.05) is 0 Å². The third-order valence-corrected chi connectivity index (χ3v) is 7.80. The molecule has 0 aliphatic heterocycles. The van der Waals surface area contributed by atoms with Crippen molar-refractivity contribution in [1.82, 2.24) is 19.2 Å². The summed E-state index contributed by atoms with van der Waals surface area (Å²) in [7, 11) is -2.05. The molecule has 0 spiro atoms. The van der Waals surface area contributed by atoms with Crippen LogP contribution in [0.4, 0.5) is 5.69 Å². The van der Waals surface area contributed by atoms with Gasteiger partial charge in [0.05, 0.1) is 17.8 Å². The van der Waals surface area contributed by atoms with Crippen LogP contribution in [0, 0.1) is 0 Å². The van der Waals surface area contributed by atoms with Crippen LogP contribution in [0.1, 0.15) is 13.8 Å². The van der Waals surface area contributed by atoms with Gasteiger partial charge in [0, 0.05) is 24.3 Å². The van der Waals surface area contributed by atoms with Gasteiger partial charge in [-0.1, -0.05) is 37.7 Å². The summed E-state index contributed by atoms with van der Waals surface area (Å²) in [6.07, 6.45) is 0. The van der Waals surface area contributed by atoms with Gasteiger partial charge in [0.2, 0.25) is 21.1 Å². The van der Waals surface area contributed by atoms with Gasteiger partial charge in [0.1, 0.15) is 5.75 Å². The van der Waals surface area contributed by atoms with E-state index < -0.39 is 10.0 Å². The number of hydrogen-bond donors (Lipinski definition) is 2. The number of nitrogens with zero attached hydrogens (tertiary/aromatic N) is 4. The fourth-order valence-electron chi connectivity index (χ4n) is 3.08. The number of carbonyl (C=O) groups excluding carboxylic acids is 1. The highest BCUT2D eigenvalue weighted by Gasteiger charge is 2.23. The van der Waals surface area contributed by atoms with Crippen molar-refractivity contribution in [2.45, 2.75) is 23.9 Å². The Kier molecular flexibility index (Phi) is 7.95. The number of hydrogen-bond acceptors (Lipinski definition) is 8. The van der Waals surface area contributed by atoms with Crippen LogP contribution in [0.5, 0.6) is 5.75 Å². The van der Waals surface area contributed by atoms with Crippen LogP contribution in [0.3, 0.4) is 0 Å². The second-order valence-corrected chi connectivity index (χ2v) is 9.74. The predicted molar refractivity (Wildman–Crippen MR) is 128 cm³/mol. The Morgan fingerprint density at radius 3 is 2.48 bits per heavy atom. The summed E-state index contributed by atoms with van der Waals surface area (Å²) >= 11 is 1.12. The monoisotopic (exact) mass is 490 g/mol.